The van der Waals surface area contributed by atoms with Crippen LogP contribution in [0.25, 0.3) is 0 Å². The van der Waals surface area contributed by atoms with Crippen molar-refractivity contribution in [3.8, 4) is 11.5 Å². The van der Waals surface area contributed by atoms with Crippen molar-refractivity contribution in [3.63, 3.8) is 0 Å². The predicted molar refractivity (Wildman–Crippen MR) is 186 cm³/mol. The minimum atomic E-state index is -3.55. The Morgan fingerprint density at radius 1 is 0.980 bits per heavy atom. The number of amides is 3. The molecule has 1 spiro atoms. The smallest absolute Gasteiger partial charge is 0.266 e. The number of carbonyl (C=O) groups is 3. The maximum atomic E-state index is 16.3. The third-order valence-electron chi connectivity index (χ3n) is 9.92. The molecule has 3 heterocycles. The lowest BCUT2D eigenvalue weighted by atomic mass is 9.82. The molecule has 0 saturated carbocycles. The van der Waals surface area contributed by atoms with E-state index in [4.69, 9.17) is 9.47 Å². The van der Waals surface area contributed by atoms with Gasteiger partial charge in [-0.2, -0.15) is 0 Å². The van der Waals surface area contributed by atoms with E-state index in [1.165, 1.54) is 0 Å². The number of nitrogens with one attached hydrogen (secondary N) is 1. The molecule has 3 amide bonds. The molecular formula is C38H38FN3O6Si. The van der Waals surface area contributed by atoms with Crippen LogP contribution in [0.2, 0.25) is 18.6 Å². The van der Waals surface area contributed by atoms with E-state index in [0.717, 1.165) is 5.56 Å². The lowest BCUT2D eigenvalue weighted by Gasteiger charge is -2.31. The number of hydrogen-bond acceptors (Lipinski definition) is 6. The van der Waals surface area contributed by atoms with Crippen molar-refractivity contribution < 1.29 is 33.1 Å². The number of halogens is 1. The summed E-state index contributed by atoms with van der Waals surface area (Å²) >= 11 is 0. The molecular weight excluding hydrogens is 642 g/mol. The molecule has 3 aliphatic rings. The van der Waals surface area contributed by atoms with E-state index in [1.54, 1.807) is 77.5 Å². The van der Waals surface area contributed by atoms with Gasteiger partial charge >= 0.3 is 0 Å². The Hall–Kier alpha value is -4.84. The summed E-state index contributed by atoms with van der Waals surface area (Å²) in [6.07, 6.45) is -1.05. The second-order valence-corrected chi connectivity index (χ2v) is 17.2. The van der Waals surface area contributed by atoms with Gasteiger partial charge in [0.2, 0.25) is 14.3 Å². The second-order valence-electron chi connectivity index (χ2n) is 13.4. The number of ether oxygens (including phenoxy) is 2. The quantitative estimate of drug-likeness (QED) is 0.155. The second kappa shape index (κ2) is 12.6. The highest BCUT2D eigenvalue weighted by molar-refractivity contribution is 6.72. The zero-order chi connectivity index (χ0) is 34.5. The van der Waals surface area contributed by atoms with Gasteiger partial charge in [-0.05, 0) is 61.1 Å². The topological polar surface area (TPSA) is 108 Å². The summed E-state index contributed by atoms with van der Waals surface area (Å²) in [4.78, 5) is 45.1. The fourth-order valence-electron chi connectivity index (χ4n) is 7.78. The summed E-state index contributed by atoms with van der Waals surface area (Å²) in [6.45, 7) is 5.13. The first kappa shape index (κ1) is 32.7. The normalized spacial score (nSPS) is 22.6. The van der Waals surface area contributed by atoms with Crippen molar-refractivity contribution in [2.45, 2.75) is 50.2 Å². The Bertz CT molecular complexity index is 1930. The molecule has 252 valence electrons. The lowest BCUT2D eigenvalue weighted by molar-refractivity contribution is -0.148. The largest absolute Gasteiger partial charge is 0.454 e. The van der Waals surface area contributed by atoms with Crippen molar-refractivity contribution in [2.24, 2.45) is 5.92 Å². The molecule has 3 aliphatic heterocycles. The van der Waals surface area contributed by atoms with E-state index in [0.29, 0.717) is 39.7 Å². The summed E-state index contributed by atoms with van der Waals surface area (Å²) < 4.78 is 29.2. The number of nitrogens with zero attached hydrogens (tertiary/aromatic N) is 2. The summed E-state index contributed by atoms with van der Waals surface area (Å²) in [5.74, 6) is -0.759. The van der Waals surface area contributed by atoms with E-state index in [-0.39, 0.29) is 37.9 Å². The molecule has 4 aromatic rings. The standard InChI is InChI=1S/C38H38FN3O6Si/c1-24-35(49(2,3)39)33(22-34(44)41(19-20-43)23-25-11-5-4-6-12-25)48-38(24)28-21-26(17-18-29(28)40-37(38)46)42-30-14-8-10-16-32(30)47-31-15-9-7-13-27(31)36(42)45/h4-18,21,24,33,35,43H,19-20,22-23H2,1-3H3,(H,40,46)/t24-,33+,35-,38+/m1/s1. The van der Waals surface area contributed by atoms with Crippen molar-refractivity contribution in [1.29, 1.82) is 0 Å². The van der Waals surface area contributed by atoms with Gasteiger partial charge in [0.25, 0.3) is 11.8 Å². The van der Waals surface area contributed by atoms with E-state index in [2.05, 4.69) is 5.32 Å². The van der Waals surface area contributed by atoms with Crippen molar-refractivity contribution in [2.75, 3.05) is 23.4 Å². The number of aliphatic hydroxyl groups excluding tert-OH is 1. The highest BCUT2D eigenvalue weighted by Crippen LogP contribution is 2.59. The molecule has 0 bridgehead atoms. The Labute approximate surface area is 285 Å². The minimum absolute atomic E-state index is 0.104. The number of carbonyl (C=O) groups excluding carboxylic acids is 3. The van der Waals surface area contributed by atoms with Crippen LogP contribution in [0, 0.1) is 5.92 Å². The van der Waals surface area contributed by atoms with Crippen LogP contribution in [0.1, 0.15) is 34.8 Å². The van der Waals surface area contributed by atoms with Crippen LogP contribution in [0.4, 0.5) is 21.2 Å². The van der Waals surface area contributed by atoms with Gasteiger partial charge in [0.15, 0.2) is 11.4 Å². The summed E-state index contributed by atoms with van der Waals surface area (Å²) in [5, 5.41) is 12.7. The van der Waals surface area contributed by atoms with Gasteiger partial charge in [0.1, 0.15) is 5.75 Å². The number of hydrogen-bond donors (Lipinski definition) is 2. The number of benzene rings is 4. The molecule has 9 nitrogen and oxygen atoms in total. The molecule has 0 aliphatic carbocycles. The van der Waals surface area contributed by atoms with Gasteiger partial charge in [-0.3, -0.25) is 19.3 Å². The highest BCUT2D eigenvalue weighted by Gasteiger charge is 2.65. The molecule has 49 heavy (non-hydrogen) atoms. The maximum Gasteiger partial charge on any atom is 0.266 e. The number of fused-ring (bicyclic) bond motifs is 4. The fraction of sp³-hybridized carbons (Fsp3) is 0.289. The third kappa shape index (κ3) is 5.61. The Balaban J connectivity index is 1.27. The molecule has 0 radical (unpaired) electrons. The van der Waals surface area contributed by atoms with Crippen LogP contribution in [-0.2, 0) is 26.5 Å². The Morgan fingerprint density at radius 2 is 1.67 bits per heavy atom. The van der Waals surface area contributed by atoms with Crippen LogP contribution >= 0.6 is 0 Å². The first-order valence-electron chi connectivity index (χ1n) is 16.5. The van der Waals surface area contributed by atoms with E-state index in [1.807, 2.05) is 49.4 Å². The van der Waals surface area contributed by atoms with Gasteiger partial charge in [-0.1, -0.05) is 61.5 Å². The van der Waals surface area contributed by atoms with Crippen molar-refractivity contribution in [1.82, 2.24) is 4.90 Å². The van der Waals surface area contributed by atoms with Crippen LogP contribution < -0.4 is 15.0 Å². The van der Waals surface area contributed by atoms with E-state index < -0.39 is 37.5 Å². The minimum Gasteiger partial charge on any atom is -0.454 e. The Kier molecular flexibility index (Phi) is 8.38. The van der Waals surface area contributed by atoms with Gasteiger partial charge in [0, 0.05) is 41.5 Å². The molecule has 2 N–H and O–H groups in total. The number of para-hydroxylation sites is 3. The maximum absolute atomic E-state index is 16.3. The van der Waals surface area contributed by atoms with Crippen molar-refractivity contribution in [3.05, 3.63) is 114 Å². The highest BCUT2D eigenvalue weighted by atomic mass is 28.4. The number of rotatable bonds is 8. The van der Waals surface area contributed by atoms with Crippen LogP contribution in [0.5, 0.6) is 11.5 Å². The lowest BCUT2D eigenvalue weighted by Crippen LogP contribution is -2.42. The monoisotopic (exact) mass is 679 g/mol. The molecule has 1 saturated heterocycles. The van der Waals surface area contributed by atoms with Gasteiger partial charge < -0.3 is 28.9 Å². The average molecular weight is 680 g/mol. The van der Waals surface area contributed by atoms with Gasteiger partial charge in [-0.25, -0.2) is 0 Å². The van der Waals surface area contributed by atoms with Crippen LogP contribution in [-0.4, -0.2) is 55.4 Å². The zero-order valence-electron chi connectivity index (χ0n) is 27.6. The first-order valence-corrected chi connectivity index (χ1v) is 19.4. The molecule has 1 fully saturated rings. The number of anilines is 3. The van der Waals surface area contributed by atoms with E-state index >= 15 is 4.11 Å². The summed E-state index contributed by atoms with van der Waals surface area (Å²) in [5.41, 5.74) is 0.966. The zero-order valence-corrected chi connectivity index (χ0v) is 28.6. The molecule has 11 heteroatoms. The molecule has 7 rings (SSSR count). The van der Waals surface area contributed by atoms with E-state index in [9.17, 15) is 19.5 Å². The van der Waals surface area contributed by atoms with Crippen LogP contribution in [0.15, 0.2) is 97.1 Å². The molecule has 0 unspecified atom stereocenters. The summed E-state index contributed by atoms with van der Waals surface area (Å²) in [6, 6.07) is 28.9. The Morgan fingerprint density at radius 3 is 2.41 bits per heavy atom. The summed E-state index contributed by atoms with van der Waals surface area (Å²) in [7, 11) is -3.55. The predicted octanol–water partition coefficient (Wildman–Crippen LogP) is 6.91. The molecule has 4 aromatic carbocycles. The van der Waals surface area contributed by atoms with Crippen molar-refractivity contribution >= 4 is 43.2 Å². The molecule has 4 atom stereocenters. The third-order valence-corrected chi connectivity index (χ3v) is 12.4. The first-order chi connectivity index (χ1) is 23.5. The van der Waals surface area contributed by atoms with Gasteiger partial charge in [-0.15, -0.1) is 0 Å². The SMILES string of the molecule is C[C@@H]1[C@@H]([Si](C)(C)F)[C@H](CC(=O)N(CCO)Cc2ccccc2)O[C@@]12C(=O)Nc1ccc(N3C(=O)c4ccccc4Oc4ccccc43)cc12. The van der Waals surface area contributed by atoms with Gasteiger partial charge in [0.05, 0.1) is 30.4 Å². The number of aliphatic hydroxyl groups is 1. The molecule has 0 aromatic heterocycles. The average Bonchev–Trinajstić information content (AvgIpc) is 3.49. The fourth-order valence-corrected chi connectivity index (χ4v) is 10.3. The van der Waals surface area contributed by atoms with Crippen LogP contribution in [0.3, 0.4) is 0 Å².